The van der Waals surface area contributed by atoms with Crippen molar-refractivity contribution in [3.63, 3.8) is 0 Å². The topological polar surface area (TPSA) is 75.0 Å². The fourth-order valence-electron chi connectivity index (χ4n) is 6.86. The summed E-state index contributed by atoms with van der Waals surface area (Å²) in [5.41, 5.74) is 7.69. The van der Waals surface area contributed by atoms with Gasteiger partial charge in [0, 0.05) is 28.3 Å². The lowest BCUT2D eigenvalue weighted by molar-refractivity contribution is 0.308. The molecule has 0 N–H and O–H groups in total. The van der Waals surface area contributed by atoms with E-state index in [2.05, 4.69) is 59.6 Å². The van der Waals surface area contributed by atoms with Gasteiger partial charge < -0.3 is 9.47 Å². The molecule has 0 saturated heterocycles. The largest absolute Gasteiger partial charge is 0.496 e. The van der Waals surface area contributed by atoms with Gasteiger partial charge in [-0.25, -0.2) is 0 Å². The normalized spacial score (nSPS) is 11.4. The Kier molecular flexibility index (Phi) is 8.52. The first-order chi connectivity index (χ1) is 25.1. The van der Waals surface area contributed by atoms with Crippen LogP contribution in [-0.2, 0) is 12.1 Å². The van der Waals surface area contributed by atoms with Crippen LogP contribution in [0, 0.1) is 6.92 Å². The molecule has 0 bridgehead atoms. The second-order valence-electron chi connectivity index (χ2n) is 12.4. The van der Waals surface area contributed by atoms with Gasteiger partial charge >= 0.3 is 0 Å². The molecule has 0 radical (unpaired) electrons. The van der Waals surface area contributed by atoms with Crippen molar-refractivity contribution in [2.24, 2.45) is 0 Å². The minimum atomic E-state index is -0.873. The molecule has 0 aliphatic carbocycles. The van der Waals surface area contributed by atoms with Crippen LogP contribution in [0.3, 0.4) is 0 Å². The van der Waals surface area contributed by atoms with Gasteiger partial charge in [-0.2, -0.15) is 0 Å². The fraction of sp³-hybridized carbons (Fsp3) is 0.0909. The fourth-order valence-corrected chi connectivity index (χ4v) is 6.86. The Morgan fingerprint density at radius 3 is 1.82 bits per heavy atom. The molecule has 0 fully saturated rings. The standard InChI is InChI=1S/C44H35N5O2/c1-31-28-42(39-24-14-15-25-40(39)45-31)51-30-32-26-27-37(41(29-32)50-2)36-22-12-13-23-38(36)43-46-48-49(47-43)44(33-16-6-3-7-17-33,34-18-8-4-9-19-34)35-20-10-5-11-21-35/h3-29H,30H2,1-2H3. The second kappa shape index (κ2) is 13.7. The minimum Gasteiger partial charge on any atom is -0.496 e. The van der Waals surface area contributed by atoms with E-state index in [9.17, 15) is 0 Å². The van der Waals surface area contributed by atoms with Crippen LogP contribution >= 0.6 is 0 Å². The summed E-state index contributed by atoms with van der Waals surface area (Å²) < 4.78 is 12.3. The van der Waals surface area contributed by atoms with Gasteiger partial charge in [-0.3, -0.25) is 4.98 Å². The Balaban J connectivity index is 1.19. The molecule has 2 heterocycles. The number of aromatic nitrogens is 5. The molecule has 0 spiro atoms. The molecule has 51 heavy (non-hydrogen) atoms. The molecule has 248 valence electrons. The summed E-state index contributed by atoms with van der Waals surface area (Å²) >= 11 is 0. The van der Waals surface area contributed by atoms with Gasteiger partial charge in [0.05, 0.1) is 12.6 Å². The number of para-hydroxylation sites is 1. The lowest BCUT2D eigenvalue weighted by Crippen LogP contribution is -2.39. The van der Waals surface area contributed by atoms with Gasteiger partial charge in [0.1, 0.15) is 18.1 Å². The summed E-state index contributed by atoms with van der Waals surface area (Å²) in [6, 6.07) is 55.3. The van der Waals surface area contributed by atoms with Gasteiger partial charge in [-0.1, -0.05) is 140 Å². The maximum Gasteiger partial charge on any atom is 0.205 e. The van der Waals surface area contributed by atoms with Crippen molar-refractivity contribution >= 4 is 10.9 Å². The van der Waals surface area contributed by atoms with Gasteiger partial charge in [0.25, 0.3) is 0 Å². The highest BCUT2D eigenvalue weighted by molar-refractivity contribution is 5.85. The predicted octanol–water partition coefficient (Wildman–Crippen LogP) is 9.29. The van der Waals surface area contributed by atoms with Crippen molar-refractivity contribution in [3.05, 3.63) is 192 Å². The molecule has 0 unspecified atom stereocenters. The number of aryl methyl sites for hydroxylation is 1. The van der Waals surface area contributed by atoms with Crippen molar-refractivity contribution < 1.29 is 9.47 Å². The van der Waals surface area contributed by atoms with Crippen LogP contribution < -0.4 is 9.47 Å². The monoisotopic (exact) mass is 665 g/mol. The van der Waals surface area contributed by atoms with E-state index in [4.69, 9.17) is 24.9 Å². The first kappa shape index (κ1) is 31.7. The summed E-state index contributed by atoms with van der Waals surface area (Å²) in [5, 5.41) is 15.6. The first-order valence-electron chi connectivity index (χ1n) is 16.9. The molecule has 2 aromatic heterocycles. The van der Waals surface area contributed by atoms with Crippen molar-refractivity contribution in [2.45, 2.75) is 19.1 Å². The Morgan fingerprint density at radius 1 is 0.588 bits per heavy atom. The van der Waals surface area contributed by atoms with Gasteiger partial charge in [-0.15, -0.1) is 15.0 Å². The SMILES string of the molecule is COc1cc(COc2cc(C)nc3ccccc23)ccc1-c1ccccc1-c1nnn(C(c2ccccc2)(c2ccccc2)c2ccccc2)n1. The lowest BCUT2D eigenvalue weighted by atomic mass is 9.77. The number of nitrogens with zero attached hydrogens (tertiary/aromatic N) is 5. The summed E-state index contributed by atoms with van der Waals surface area (Å²) in [5.74, 6) is 2.03. The number of ether oxygens (including phenoxy) is 2. The van der Waals surface area contributed by atoms with E-state index in [1.807, 2.05) is 116 Å². The van der Waals surface area contributed by atoms with E-state index in [-0.39, 0.29) is 0 Å². The number of pyridine rings is 1. The third kappa shape index (κ3) is 5.89. The van der Waals surface area contributed by atoms with Crippen LogP contribution in [0.2, 0.25) is 0 Å². The van der Waals surface area contributed by atoms with Crippen molar-refractivity contribution in [3.8, 4) is 34.0 Å². The van der Waals surface area contributed by atoms with Crippen LogP contribution in [0.25, 0.3) is 33.4 Å². The number of hydrogen-bond acceptors (Lipinski definition) is 6. The van der Waals surface area contributed by atoms with E-state index in [1.54, 1.807) is 11.9 Å². The van der Waals surface area contributed by atoms with Gasteiger partial charge in [0.15, 0.2) is 5.54 Å². The molecule has 0 atom stereocenters. The summed E-state index contributed by atoms with van der Waals surface area (Å²) in [4.78, 5) is 6.39. The van der Waals surface area contributed by atoms with E-state index < -0.39 is 5.54 Å². The third-order valence-corrected chi connectivity index (χ3v) is 9.21. The zero-order chi connectivity index (χ0) is 34.6. The highest BCUT2D eigenvalue weighted by Crippen LogP contribution is 2.41. The molecule has 0 amide bonds. The Labute approximate surface area is 296 Å². The van der Waals surface area contributed by atoms with Gasteiger partial charge in [0.2, 0.25) is 5.82 Å². The Morgan fingerprint density at radius 2 is 1.18 bits per heavy atom. The molecule has 8 rings (SSSR count). The molecule has 7 heteroatoms. The number of fused-ring (bicyclic) bond motifs is 1. The molecule has 0 aliphatic heterocycles. The van der Waals surface area contributed by atoms with Crippen LogP contribution in [0.15, 0.2) is 164 Å². The molecule has 8 aromatic rings. The van der Waals surface area contributed by atoms with Crippen LogP contribution in [0.1, 0.15) is 27.9 Å². The van der Waals surface area contributed by atoms with E-state index in [0.29, 0.717) is 12.4 Å². The number of rotatable bonds is 10. The van der Waals surface area contributed by atoms with Crippen molar-refractivity contribution in [1.29, 1.82) is 0 Å². The molecule has 0 saturated carbocycles. The summed E-state index contributed by atoms with van der Waals surface area (Å²) in [6.07, 6.45) is 0. The number of methoxy groups -OCH3 is 1. The molecule has 7 nitrogen and oxygen atoms in total. The van der Waals surface area contributed by atoms with Crippen LogP contribution in [-0.4, -0.2) is 32.3 Å². The quantitative estimate of drug-likeness (QED) is 0.136. The van der Waals surface area contributed by atoms with E-state index in [1.165, 1.54) is 0 Å². The molecular formula is C44H35N5O2. The second-order valence-corrected chi connectivity index (χ2v) is 12.4. The number of tetrazole rings is 1. The maximum atomic E-state index is 6.34. The average Bonchev–Trinajstić information content (AvgIpc) is 3.69. The Bertz CT molecular complexity index is 2330. The maximum absolute atomic E-state index is 6.34. The summed E-state index contributed by atoms with van der Waals surface area (Å²) in [7, 11) is 1.69. The first-order valence-corrected chi connectivity index (χ1v) is 16.9. The highest BCUT2D eigenvalue weighted by atomic mass is 16.5. The van der Waals surface area contributed by atoms with Crippen molar-refractivity contribution in [2.75, 3.05) is 7.11 Å². The summed E-state index contributed by atoms with van der Waals surface area (Å²) in [6.45, 7) is 2.36. The number of hydrogen-bond donors (Lipinski definition) is 0. The van der Waals surface area contributed by atoms with Crippen LogP contribution in [0.4, 0.5) is 0 Å². The molecular weight excluding hydrogens is 631 g/mol. The lowest BCUT2D eigenvalue weighted by Gasteiger charge is -2.34. The third-order valence-electron chi connectivity index (χ3n) is 9.21. The Hall–Kier alpha value is -6.60. The minimum absolute atomic E-state index is 0.377. The van der Waals surface area contributed by atoms with Crippen LogP contribution in [0.5, 0.6) is 11.5 Å². The predicted molar refractivity (Wildman–Crippen MR) is 201 cm³/mol. The molecule has 6 aromatic carbocycles. The average molecular weight is 666 g/mol. The van der Waals surface area contributed by atoms with Gasteiger partial charge in [-0.05, 0) is 58.2 Å². The van der Waals surface area contributed by atoms with E-state index in [0.717, 1.165) is 67.0 Å². The zero-order valence-corrected chi connectivity index (χ0v) is 28.3. The highest BCUT2D eigenvalue weighted by Gasteiger charge is 2.41. The smallest absolute Gasteiger partial charge is 0.205 e. The number of benzene rings is 6. The van der Waals surface area contributed by atoms with Crippen molar-refractivity contribution in [1.82, 2.24) is 25.2 Å². The zero-order valence-electron chi connectivity index (χ0n) is 28.3. The van der Waals surface area contributed by atoms with E-state index >= 15 is 0 Å². The molecule has 0 aliphatic rings.